The number of hydrogen-bond donors (Lipinski definition) is 1. The van der Waals surface area contributed by atoms with Gasteiger partial charge in [0.15, 0.2) is 0 Å². The first kappa shape index (κ1) is 22.1. The zero-order valence-electron chi connectivity index (χ0n) is 17.0. The summed E-state index contributed by atoms with van der Waals surface area (Å²) in [5, 5.41) is 4.88. The molecule has 0 fully saturated rings. The molecule has 2 aliphatic rings. The average Bonchev–Trinajstić information content (AvgIpc) is 3.14. The molecule has 1 aromatic heterocycles. The molecule has 1 amide bonds. The maximum atomic E-state index is 13.0. The van der Waals surface area contributed by atoms with Gasteiger partial charge >= 0.3 is 0 Å². The van der Waals surface area contributed by atoms with Gasteiger partial charge in [0.25, 0.3) is 5.91 Å². The fourth-order valence-electron chi connectivity index (χ4n) is 3.40. The maximum Gasteiger partial charge on any atom is 0.254 e. The first-order chi connectivity index (χ1) is 14.4. The molecule has 0 atom stereocenters. The van der Waals surface area contributed by atoms with Gasteiger partial charge in [0.1, 0.15) is 12.0 Å². The van der Waals surface area contributed by atoms with Crippen molar-refractivity contribution in [2.24, 2.45) is 10.7 Å². The van der Waals surface area contributed by atoms with Crippen LogP contribution < -0.4 is 5.73 Å². The molecule has 0 bridgehead atoms. The van der Waals surface area contributed by atoms with Crippen molar-refractivity contribution in [2.45, 2.75) is 26.7 Å². The van der Waals surface area contributed by atoms with E-state index in [2.05, 4.69) is 16.7 Å². The van der Waals surface area contributed by atoms with Crippen LogP contribution in [-0.2, 0) is 6.42 Å². The van der Waals surface area contributed by atoms with Gasteiger partial charge in [-0.05, 0) is 18.2 Å². The highest BCUT2D eigenvalue weighted by atomic mass is 35.5. The molecule has 0 aliphatic carbocycles. The Morgan fingerprint density at radius 1 is 1.27 bits per heavy atom. The van der Waals surface area contributed by atoms with Gasteiger partial charge in [-0.1, -0.05) is 54.4 Å². The lowest BCUT2D eigenvalue weighted by atomic mass is 9.96. The van der Waals surface area contributed by atoms with Crippen LogP contribution in [0.3, 0.4) is 0 Å². The van der Waals surface area contributed by atoms with Crippen LogP contribution in [0.4, 0.5) is 0 Å². The molecule has 0 spiro atoms. The van der Waals surface area contributed by atoms with Gasteiger partial charge in [0.05, 0.1) is 22.3 Å². The molecule has 0 unspecified atom stereocenters. The number of aromatic nitrogens is 1. The smallest absolute Gasteiger partial charge is 0.254 e. The topological polar surface area (TPSA) is 84.7 Å². The van der Waals surface area contributed by atoms with Crippen LogP contribution in [0.1, 0.15) is 41.9 Å². The van der Waals surface area contributed by atoms with Crippen LogP contribution in [0.5, 0.6) is 0 Å². The number of aliphatic imine (C=N–C) groups is 1. The molecule has 8 heteroatoms. The number of fused-ring (bicyclic) bond motifs is 1. The van der Waals surface area contributed by atoms with E-state index in [4.69, 9.17) is 33.5 Å². The normalized spacial score (nSPS) is 16.3. The number of carbonyl (C=O) groups is 1. The van der Waals surface area contributed by atoms with E-state index in [1.807, 2.05) is 13.8 Å². The quantitative estimate of drug-likeness (QED) is 0.679. The molecular formula is C22H24Cl2N4O2. The molecule has 2 aliphatic heterocycles. The predicted molar refractivity (Wildman–Crippen MR) is 120 cm³/mol. The minimum atomic E-state index is -0.137. The summed E-state index contributed by atoms with van der Waals surface area (Å²) in [7, 11) is 0. The van der Waals surface area contributed by atoms with Crippen LogP contribution in [-0.4, -0.2) is 41.3 Å². The Hall–Kier alpha value is -2.57. The highest BCUT2D eigenvalue weighted by molar-refractivity contribution is 6.42. The van der Waals surface area contributed by atoms with Crippen LogP contribution in [0.25, 0.3) is 0 Å². The highest BCUT2D eigenvalue weighted by Crippen LogP contribution is 2.27. The number of rotatable bonds is 2. The molecule has 6 nitrogen and oxygen atoms in total. The number of carbonyl (C=O) groups excluding carboxylic acids is 1. The fourth-order valence-corrected chi connectivity index (χ4v) is 3.70. The van der Waals surface area contributed by atoms with Gasteiger partial charge < -0.3 is 15.2 Å². The average molecular weight is 447 g/mol. The van der Waals surface area contributed by atoms with Gasteiger partial charge in [-0.25, -0.2) is 0 Å². The van der Waals surface area contributed by atoms with Crippen molar-refractivity contribution in [3.63, 3.8) is 0 Å². The predicted octanol–water partition coefficient (Wildman–Crippen LogP) is 4.67. The summed E-state index contributed by atoms with van der Waals surface area (Å²) >= 11 is 12.0. The van der Waals surface area contributed by atoms with E-state index in [9.17, 15) is 4.79 Å². The largest absolute Gasteiger partial charge is 0.402 e. The zero-order chi connectivity index (χ0) is 21.8. The van der Waals surface area contributed by atoms with E-state index in [0.717, 1.165) is 16.7 Å². The minimum Gasteiger partial charge on any atom is -0.402 e. The van der Waals surface area contributed by atoms with E-state index in [1.165, 1.54) is 0 Å². The molecule has 0 saturated heterocycles. The lowest BCUT2D eigenvalue weighted by molar-refractivity contribution is 0.0766. The van der Waals surface area contributed by atoms with Crippen molar-refractivity contribution in [3.8, 4) is 0 Å². The third-order valence-electron chi connectivity index (χ3n) is 4.90. The Morgan fingerprint density at radius 2 is 2.03 bits per heavy atom. The summed E-state index contributed by atoms with van der Waals surface area (Å²) in [5.74, 6) is -0.137. The molecule has 158 valence electrons. The van der Waals surface area contributed by atoms with Crippen LogP contribution in [0, 0.1) is 0 Å². The number of benzene rings is 1. The lowest BCUT2D eigenvalue weighted by Crippen LogP contribution is -2.40. The number of hydrogen-bond acceptors (Lipinski definition) is 5. The van der Waals surface area contributed by atoms with E-state index in [-0.39, 0.29) is 5.91 Å². The SMILES string of the molecule is C=C1CN=C(C2=C(N)CCN(C(=O)c3ccc(Cl)c(Cl)c3)C2)c2nocc2C1.CC. The van der Waals surface area contributed by atoms with Gasteiger partial charge in [0, 0.05) is 48.3 Å². The Kier molecular flexibility index (Phi) is 7.00. The van der Waals surface area contributed by atoms with E-state index in [0.29, 0.717) is 65.2 Å². The number of halogens is 2. The summed E-state index contributed by atoms with van der Waals surface area (Å²) in [6, 6.07) is 4.87. The summed E-state index contributed by atoms with van der Waals surface area (Å²) in [4.78, 5) is 19.4. The van der Waals surface area contributed by atoms with Crippen LogP contribution >= 0.6 is 23.2 Å². The lowest BCUT2D eigenvalue weighted by Gasteiger charge is -2.30. The summed E-state index contributed by atoms with van der Waals surface area (Å²) in [6.45, 7) is 9.38. The van der Waals surface area contributed by atoms with Gasteiger partial charge in [-0.15, -0.1) is 0 Å². The van der Waals surface area contributed by atoms with Crippen molar-refractivity contribution in [2.75, 3.05) is 19.6 Å². The second-order valence-electron chi connectivity index (χ2n) is 6.89. The third kappa shape index (κ3) is 4.45. The first-order valence-corrected chi connectivity index (χ1v) is 10.6. The van der Waals surface area contributed by atoms with Crippen molar-refractivity contribution < 1.29 is 9.32 Å². The second-order valence-corrected chi connectivity index (χ2v) is 7.70. The number of nitrogens with zero attached hydrogens (tertiary/aromatic N) is 3. The Morgan fingerprint density at radius 3 is 2.77 bits per heavy atom. The van der Waals surface area contributed by atoms with Gasteiger partial charge in [-0.2, -0.15) is 0 Å². The Labute approximate surface area is 186 Å². The zero-order valence-corrected chi connectivity index (χ0v) is 18.6. The number of nitrogens with two attached hydrogens (primary N) is 1. The van der Waals surface area contributed by atoms with Crippen molar-refractivity contribution >= 4 is 34.8 Å². The van der Waals surface area contributed by atoms with Crippen LogP contribution in [0.2, 0.25) is 10.0 Å². The molecule has 0 radical (unpaired) electrons. The van der Waals surface area contributed by atoms with Crippen molar-refractivity contribution in [1.29, 1.82) is 0 Å². The molecule has 3 heterocycles. The second kappa shape index (κ2) is 9.49. The highest BCUT2D eigenvalue weighted by Gasteiger charge is 2.29. The fraction of sp³-hybridized carbons (Fsp3) is 0.318. The Bertz CT molecular complexity index is 1040. The summed E-state index contributed by atoms with van der Waals surface area (Å²) in [5.41, 5.74) is 11.5. The van der Waals surface area contributed by atoms with Gasteiger partial charge in [-0.3, -0.25) is 9.79 Å². The molecular weight excluding hydrogens is 423 g/mol. The van der Waals surface area contributed by atoms with Crippen LogP contribution in [0.15, 0.2) is 57.4 Å². The summed E-state index contributed by atoms with van der Waals surface area (Å²) in [6.07, 6.45) is 2.82. The Balaban J connectivity index is 0.00000124. The standard InChI is InChI=1S/C20H18Cl2N4O2.C2H6/c1-11-6-13-10-28-25-18(13)19(24-8-11)14-9-26(5-4-17(14)23)20(27)12-2-3-15(21)16(22)7-12;1-2/h2-3,7,10H,1,4-6,8-9,23H2;1-2H3. The number of amides is 1. The van der Waals surface area contributed by atoms with E-state index in [1.54, 1.807) is 29.4 Å². The minimum absolute atomic E-state index is 0.137. The third-order valence-corrected chi connectivity index (χ3v) is 5.63. The monoisotopic (exact) mass is 446 g/mol. The molecule has 1 aromatic carbocycles. The van der Waals surface area contributed by atoms with Crippen molar-refractivity contribution in [3.05, 3.63) is 74.8 Å². The van der Waals surface area contributed by atoms with E-state index >= 15 is 0 Å². The van der Waals surface area contributed by atoms with Gasteiger partial charge in [0.2, 0.25) is 0 Å². The summed E-state index contributed by atoms with van der Waals surface area (Å²) < 4.78 is 5.15. The molecule has 0 saturated carbocycles. The van der Waals surface area contributed by atoms with E-state index < -0.39 is 0 Å². The molecule has 30 heavy (non-hydrogen) atoms. The maximum absolute atomic E-state index is 13.0. The molecule has 2 N–H and O–H groups in total. The molecule has 2 aromatic rings. The molecule has 4 rings (SSSR count). The van der Waals surface area contributed by atoms with Crippen molar-refractivity contribution in [1.82, 2.24) is 10.1 Å². The first-order valence-electron chi connectivity index (χ1n) is 9.81.